The molecule has 1 saturated heterocycles. The molecule has 0 spiro atoms. The van der Waals surface area contributed by atoms with Crippen LogP contribution >= 0.6 is 0 Å². The van der Waals surface area contributed by atoms with Gasteiger partial charge >= 0.3 is 5.97 Å². The van der Waals surface area contributed by atoms with Gasteiger partial charge in [-0.25, -0.2) is 4.79 Å². The Labute approximate surface area is 114 Å². The second kappa shape index (κ2) is 8.12. The molecule has 1 fully saturated rings. The standard InChI is InChI=1S/C13H25N3O3/c1-10(17)15-12(13(18)19-3)9-14-8-11-4-6-16(2)7-5-11/h11-12,14H,4-9H2,1-3H3,(H,15,17). The highest BCUT2D eigenvalue weighted by Crippen LogP contribution is 2.14. The Morgan fingerprint density at radius 2 is 2.00 bits per heavy atom. The first-order valence-electron chi connectivity index (χ1n) is 6.77. The van der Waals surface area contributed by atoms with E-state index in [0.717, 1.165) is 19.6 Å². The average molecular weight is 271 g/mol. The molecular formula is C13H25N3O3. The van der Waals surface area contributed by atoms with E-state index >= 15 is 0 Å². The number of hydrogen-bond donors (Lipinski definition) is 2. The maximum atomic E-state index is 11.5. The molecular weight excluding hydrogens is 246 g/mol. The molecule has 0 aliphatic carbocycles. The van der Waals surface area contributed by atoms with Crippen molar-refractivity contribution >= 4 is 11.9 Å². The molecule has 1 aliphatic rings. The summed E-state index contributed by atoms with van der Waals surface area (Å²) >= 11 is 0. The average Bonchev–Trinajstić information content (AvgIpc) is 2.38. The molecule has 1 heterocycles. The van der Waals surface area contributed by atoms with E-state index in [4.69, 9.17) is 0 Å². The molecule has 110 valence electrons. The summed E-state index contributed by atoms with van der Waals surface area (Å²) in [6.07, 6.45) is 2.35. The van der Waals surface area contributed by atoms with Gasteiger partial charge in [0.15, 0.2) is 0 Å². The van der Waals surface area contributed by atoms with E-state index in [2.05, 4.69) is 27.3 Å². The minimum atomic E-state index is -0.603. The van der Waals surface area contributed by atoms with Crippen molar-refractivity contribution in [1.29, 1.82) is 0 Å². The number of methoxy groups -OCH3 is 1. The van der Waals surface area contributed by atoms with Crippen LogP contribution in [-0.2, 0) is 14.3 Å². The van der Waals surface area contributed by atoms with Gasteiger partial charge in [-0.2, -0.15) is 0 Å². The first-order chi connectivity index (χ1) is 9.02. The van der Waals surface area contributed by atoms with Crippen LogP contribution in [0.3, 0.4) is 0 Å². The highest BCUT2D eigenvalue weighted by Gasteiger charge is 2.21. The number of rotatable bonds is 6. The fourth-order valence-corrected chi connectivity index (χ4v) is 2.28. The minimum Gasteiger partial charge on any atom is -0.467 e. The number of carbonyl (C=O) groups excluding carboxylic acids is 2. The van der Waals surface area contributed by atoms with Gasteiger partial charge in [-0.1, -0.05) is 0 Å². The number of esters is 1. The molecule has 1 aliphatic heterocycles. The molecule has 0 aromatic rings. The summed E-state index contributed by atoms with van der Waals surface area (Å²) in [6.45, 7) is 4.93. The molecule has 0 aromatic heterocycles. The second-order valence-corrected chi connectivity index (χ2v) is 5.18. The predicted octanol–water partition coefficient (Wildman–Crippen LogP) is -0.404. The first kappa shape index (κ1) is 15.9. The number of carbonyl (C=O) groups is 2. The van der Waals surface area contributed by atoms with Crippen molar-refractivity contribution in [1.82, 2.24) is 15.5 Å². The summed E-state index contributed by atoms with van der Waals surface area (Å²) in [5.41, 5.74) is 0. The number of ether oxygens (including phenoxy) is 1. The van der Waals surface area contributed by atoms with Crippen molar-refractivity contribution in [3.05, 3.63) is 0 Å². The fraction of sp³-hybridized carbons (Fsp3) is 0.846. The minimum absolute atomic E-state index is 0.225. The Morgan fingerprint density at radius 3 is 2.53 bits per heavy atom. The lowest BCUT2D eigenvalue weighted by Gasteiger charge is -2.29. The molecule has 6 nitrogen and oxygen atoms in total. The van der Waals surface area contributed by atoms with Gasteiger partial charge in [0.05, 0.1) is 7.11 Å². The molecule has 1 atom stereocenters. The molecule has 0 saturated carbocycles. The summed E-state index contributed by atoms with van der Waals surface area (Å²) in [5, 5.41) is 5.85. The summed E-state index contributed by atoms with van der Waals surface area (Å²) in [6, 6.07) is -0.603. The van der Waals surface area contributed by atoms with Crippen LogP contribution in [0.5, 0.6) is 0 Å². The summed E-state index contributed by atoms with van der Waals surface area (Å²) < 4.78 is 4.67. The topological polar surface area (TPSA) is 70.7 Å². The van der Waals surface area contributed by atoms with Crippen molar-refractivity contribution in [3.63, 3.8) is 0 Å². The summed E-state index contributed by atoms with van der Waals surface area (Å²) in [5.74, 6) is 0.00870. The molecule has 2 N–H and O–H groups in total. The zero-order valence-electron chi connectivity index (χ0n) is 12.1. The van der Waals surface area contributed by atoms with Gasteiger partial charge in [0.2, 0.25) is 5.91 Å². The smallest absolute Gasteiger partial charge is 0.329 e. The molecule has 0 aromatic carbocycles. The number of nitrogens with zero attached hydrogens (tertiary/aromatic N) is 1. The van der Waals surface area contributed by atoms with Crippen LogP contribution in [0.2, 0.25) is 0 Å². The number of nitrogens with one attached hydrogen (secondary N) is 2. The van der Waals surface area contributed by atoms with E-state index in [9.17, 15) is 9.59 Å². The van der Waals surface area contributed by atoms with Gasteiger partial charge in [0.1, 0.15) is 6.04 Å². The van der Waals surface area contributed by atoms with Crippen molar-refractivity contribution in [2.45, 2.75) is 25.8 Å². The maximum Gasteiger partial charge on any atom is 0.329 e. The van der Waals surface area contributed by atoms with Crippen molar-refractivity contribution < 1.29 is 14.3 Å². The Balaban J connectivity index is 2.27. The van der Waals surface area contributed by atoms with Crippen molar-refractivity contribution in [2.75, 3.05) is 40.3 Å². The number of likely N-dealkylation sites (tertiary alicyclic amines) is 1. The van der Waals surface area contributed by atoms with Gasteiger partial charge in [-0.05, 0) is 45.4 Å². The Kier molecular flexibility index (Phi) is 6.80. The Morgan fingerprint density at radius 1 is 1.37 bits per heavy atom. The third-order valence-corrected chi connectivity index (χ3v) is 3.48. The van der Waals surface area contributed by atoms with Crippen LogP contribution < -0.4 is 10.6 Å². The van der Waals surface area contributed by atoms with Crippen LogP contribution in [0.1, 0.15) is 19.8 Å². The maximum absolute atomic E-state index is 11.5. The molecule has 1 rings (SSSR count). The van der Waals surface area contributed by atoms with Crippen LogP contribution in [0.4, 0.5) is 0 Å². The Hall–Kier alpha value is -1.14. The van der Waals surface area contributed by atoms with Gasteiger partial charge in [-0.15, -0.1) is 0 Å². The molecule has 19 heavy (non-hydrogen) atoms. The lowest BCUT2D eigenvalue weighted by molar-refractivity contribution is -0.144. The van der Waals surface area contributed by atoms with Crippen LogP contribution in [-0.4, -0.2) is 63.2 Å². The number of amides is 1. The number of piperidine rings is 1. The van der Waals surface area contributed by atoms with Crippen LogP contribution in [0.25, 0.3) is 0 Å². The van der Waals surface area contributed by atoms with E-state index in [1.54, 1.807) is 0 Å². The van der Waals surface area contributed by atoms with Gasteiger partial charge < -0.3 is 20.3 Å². The fourth-order valence-electron chi connectivity index (χ4n) is 2.28. The SMILES string of the molecule is COC(=O)C(CNCC1CCN(C)CC1)NC(C)=O. The van der Waals surface area contributed by atoms with E-state index in [1.807, 2.05) is 0 Å². The second-order valence-electron chi connectivity index (χ2n) is 5.18. The van der Waals surface area contributed by atoms with Crippen molar-refractivity contribution in [2.24, 2.45) is 5.92 Å². The highest BCUT2D eigenvalue weighted by molar-refractivity contribution is 5.83. The molecule has 0 bridgehead atoms. The van der Waals surface area contributed by atoms with E-state index < -0.39 is 12.0 Å². The molecule has 1 amide bonds. The molecule has 1 unspecified atom stereocenters. The van der Waals surface area contributed by atoms with Gasteiger partial charge in [0.25, 0.3) is 0 Å². The third-order valence-electron chi connectivity index (χ3n) is 3.48. The zero-order valence-corrected chi connectivity index (χ0v) is 12.1. The van der Waals surface area contributed by atoms with E-state index in [-0.39, 0.29) is 5.91 Å². The third kappa shape index (κ3) is 6.02. The normalized spacial score (nSPS) is 18.9. The highest BCUT2D eigenvalue weighted by atomic mass is 16.5. The monoisotopic (exact) mass is 271 g/mol. The first-order valence-corrected chi connectivity index (χ1v) is 6.77. The quantitative estimate of drug-likeness (QED) is 0.643. The molecule has 0 radical (unpaired) electrons. The van der Waals surface area contributed by atoms with E-state index in [1.165, 1.54) is 26.9 Å². The largest absolute Gasteiger partial charge is 0.467 e. The molecule has 6 heteroatoms. The summed E-state index contributed by atoms with van der Waals surface area (Å²) in [4.78, 5) is 24.8. The zero-order chi connectivity index (χ0) is 14.3. The lowest BCUT2D eigenvalue weighted by Crippen LogP contribution is -2.48. The summed E-state index contributed by atoms with van der Waals surface area (Å²) in [7, 11) is 3.46. The van der Waals surface area contributed by atoms with Gasteiger partial charge in [-0.3, -0.25) is 4.79 Å². The van der Waals surface area contributed by atoms with E-state index in [0.29, 0.717) is 12.5 Å². The Bertz CT molecular complexity index is 302. The van der Waals surface area contributed by atoms with Crippen molar-refractivity contribution in [3.8, 4) is 0 Å². The lowest BCUT2D eigenvalue weighted by atomic mass is 9.97. The number of hydrogen-bond acceptors (Lipinski definition) is 5. The van der Waals surface area contributed by atoms with Gasteiger partial charge in [0, 0.05) is 13.5 Å². The van der Waals surface area contributed by atoms with Crippen LogP contribution in [0, 0.1) is 5.92 Å². The predicted molar refractivity (Wildman–Crippen MR) is 72.7 cm³/mol. The van der Waals surface area contributed by atoms with Crippen LogP contribution in [0.15, 0.2) is 0 Å².